The highest BCUT2D eigenvalue weighted by Gasteiger charge is 2.46. The molecule has 0 spiro atoms. The van der Waals surface area contributed by atoms with Crippen molar-refractivity contribution in [3.05, 3.63) is 0 Å². The van der Waals surface area contributed by atoms with E-state index in [9.17, 15) is 4.79 Å². The van der Waals surface area contributed by atoms with Crippen molar-refractivity contribution in [1.29, 1.82) is 0 Å². The van der Waals surface area contributed by atoms with Gasteiger partial charge in [-0.2, -0.15) is 0 Å². The van der Waals surface area contributed by atoms with E-state index in [-0.39, 0.29) is 0 Å². The molecular formula is C7H10O3. The van der Waals surface area contributed by atoms with Gasteiger partial charge in [0.05, 0.1) is 6.61 Å². The molecule has 10 heavy (non-hydrogen) atoms. The first kappa shape index (κ1) is 6.16. The first-order chi connectivity index (χ1) is 4.79. The summed E-state index contributed by atoms with van der Waals surface area (Å²) in [4.78, 5) is 10.5. The van der Waals surface area contributed by atoms with Gasteiger partial charge >= 0.3 is 5.97 Å². The zero-order chi connectivity index (χ0) is 7.14. The molecule has 1 N–H and O–H groups in total. The molecule has 2 rings (SSSR count). The van der Waals surface area contributed by atoms with Crippen LogP contribution in [0.5, 0.6) is 0 Å². The molecule has 1 heterocycles. The Morgan fingerprint density at radius 1 is 1.50 bits per heavy atom. The molecule has 3 atom stereocenters. The highest BCUT2D eigenvalue weighted by Crippen LogP contribution is 2.43. The van der Waals surface area contributed by atoms with Crippen LogP contribution in [0.2, 0.25) is 0 Å². The molecular weight excluding hydrogens is 132 g/mol. The lowest BCUT2D eigenvalue weighted by Gasteiger charge is -2.29. The minimum absolute atomic E-state index is 0.331. The van der Waals surface area contributed by atoms with Crippen molar-refractivity contribution < 1.29 is 14.6 Å². The molecule has 56 valence electrons. The summed E-state index contributed by atoms with van der Waals surface area (Å²) in [6, 6.07) is 0. The summed E-state index contributed by atoms with van der Waals surface area (Å²) in [5.74, 6) is 0.103. The summed E-state index contributed by atoms with van der Waals surface area (Å²) in [6.07, 6.45) is 1.72. The Morgan fingerprint density at radius 3 is 2.60 bits per heavy atom. The number of hydrogen-bond acceptors (Lipinski definition) is 2. The van der Waals surface area contributed by atoms with Crippen LogP contribution in [0.25, 0.3) is 0 Å². The number of hydrogen-bond donors (Lipinski definition) is 1. The third-order valence-corrected chi connectivity index (χ3v) is 2.60. The second kappa shape index (κ2) is 1.95. The topological polar surface area (TPSA) is 46.5 Å². The summed E-state index contributed by atoms with van der Waals surface area (Å²) < 4.78 is 5.10. The van der Waals surface area contributed by atoms with E-state index in [1.165, 1.54) is 0 Å². The molecule has 1 saturated carbocycles. The highest BCUT2D eigenvalue weighted by atomic mass is 16.5. The molecule has 2 fully saturated rings. The molecule has 0 aromatic heterocycles. The van der Waals surface area contributed by atoms with Gasteiger partial charge in [-0.1, -0.05) is 0 Å². The Kier molecular flexibility index (Phi) is 1.20. The van der Waals surface area contributed by atoms with Gasteiger partial charge in [0.25, 0.3) is 0 Å². The zero-order valence-corrected chi connectivity index (χ0v) is 5.62. The number of aliphatic carboxylic acids is 1. The minimum Gasteiger partial charge on any atom is -0.479 e. The number of rotatable bonds is 1. The van der Waals surface area contributed by atoms with E-state index < -0.39 is 12.1 Å². The summed E-state index contributed by atoms with van der Waals surface area (Å²) in [7, 11) is 0. The summed E-state index contributed by atoms with van der Waals surface area (Å²) >= 11 is 0. The van der Waals surface area contributed by atoms with Gasteiger partial charge in [0.15, 0.2) is 6.10 Å². The van der Waals surface area contributed by atoms with Gasteiger partial charge in [-0.15, -0.1) is 0 Å². The van der Waals surface area contributed by atoms with Crippen LogP contribution < -0.4 is 0 Å². The smallest absolute Gasteiger partial charge is 0.333 e. The van der Waals surface area contributed by atoms with E-state index in [1.54, 1.807) is 0 Å². The van der Waals surface area contributed by atoms with Gasteiger partial charge in [0, 0.05) is 5.92 Å². The first-order valence-corrected chi connectivity index (χ1v) is 3.63. The average molecular weight is 142 g/mol. The SMILES string of the molecule is O=C(O)[C@H]1OC[C@@H]2CC[C@@H]21. The molecule has 0 amide bonds. The van der Waals surface area contributed by atoms with Gasteiger partial charge in [-0.3, -0.25) is 0 Å². The Hall–Kier alpha value is -0.570. The molecule has 2 aliphatic rings. The third kappa shape index (κ3) is 0.669. The third-order valence-electron chi connectivity index (χ3n) is 2.60. The van der Waals surface area contributed by atoms with Gasteiger partial charge in [-0.25, -0.2) is 4.79 Å². The molecule has 1 saturated heterocycles. The molecule has 1 aliphatic heterocycles. The van der Waals surface area contributed by atoms with Crippen molar-refractivity contribution in [2.75, 3.05) is 6.61 Å². The Labute approximate surface area is 59.0 Å². The van der Waals surface area contributed by atoms with Crippen molar-refractivity contribution in [2.24, 2.45) is 11.8 Å². The van der Waals surface area contributed by atoms with Gasteiger partial charge in [0.1, 0.15) is 0 Å². The zero-order valence-electron chi connectivity index (χ0n) is 5.62. The summed E-state index contributed by atoms with van der Waals surface area (Å²) in [5.41, 5.74) is 0. The second-order valence-corrected chi connectivity index (χ2v) is 3.09. The van der Waals surface area contributed by atoms with Crippen LogP contribution in [-0.4, -0.2) is 23.8 Å². The van der Waals surface area contributed by atoms with Crippen molar-refractivity contribution in [3.8, 4) is 0 Å². The summed E-state index contributed by atoms with van der Waals surface area (Å²) in [5, 5.41) is 8.61. The van der Waals surface area contributed by atoms with E-state index in [4.69, 9.17) is 9.84 Å². The maximum atomic E-state index is 10.5. The fourth-order valence-electron chi connectivity index (χ4n) is 1.81. The van der Waals surface area contributed by atoms with E-state index in [1.807, 2.05) is 0 Å². The maximum Gasteiger partial charge on any atom is 0.333 e. The van der Waals surface area contributed by atoms with Crippen LogP contribution in [0, 0.1) is 11.8 Å². The van der Waals surface area contributed by atoms with Crippen LogP contribution in [0.4, 0.5) is 0 Å². The van der Waals surface area contributed by atoms with Crippen molar-refractivity contribution in [1.82, 2.24) is 0 Å². The lowest BCUT2D eigenvalue weighted by Crippen LogP contribution is -2.34. The standard InChI is InChI=1S/C7H10O3/c8-7(9)6-5-2-1-4(5)3-10-6/h4-6H,1-3H2,(H,8,9)/t4-,5-,6-/m0/s1. The molecule has 3 heteroatoms. The predicted molar refractivity (Wildman–Crippen MR) is 33.6 cm³/mol. The van der Waals surface area contributed by atoms with Crippen LogP contribution in [-0.2, 0) is 9.53 Å². The molecule has 0 aromatic rings. The molecule has 0 unspecified atom stereocenters. The lowest BCUT2D eigenvalue weighted by molar-refractivity contribution is -0.149. The van der Waals surface area contributed by atoms with Crippen molar-refractivity contribution in [2.45, 2.75) is 18.9 Å². The minimum atomic E-state index is -0.785. The van der Waals surface area contributed by atoms with Crippen LogP contribution in [0.15, 0.2) is 0 Å². The molecule has 3 nitrogen and oxygen atoms in total. The number of carboxylic acid groups (broad SMARTS) is 1. The second-order valence-electron chi connectivity index (χ2n) is 3.09. The number of carboxylic acids is 1. The number of ether oxygens (including phenoxy) is 1. The van der Waals surface area contributed by atoms with E-state index >= 15 is 0 Å². The van der Waals surface area contributed by atoms with Crippen LogP contribution >= 0.6 is 0 Å². The average Bonchev–Trinajstić information content (AvgIpc) is 2.07. The molecule has 1 aliphatic carbocycles. The maximum absolute atomic E-state index is 10.5. The van der Waals surface area contributed by atoms with E-state index in [0.717, 1.165) is 12.8 Å². The van der Waals surface area contributed by atoms with E-state index in [0.29, 0.717) is 18.4 Å². The Balaban J connectivity index is 2.05. The summed E-state index contributed by atoms with van der Waals surface area (Å²) in [6.45, 7) is 0.668. The highest BCUT2D eigenvalue weighted by molar-refractivity contribution is 5.73. The van der Waals surface area contributed by atoms with E-state index in [2.05, 4.69) is 0 Å². The van der Waals surface area contributed by atoms with Gasteiger partial charge in [0.2, 0.25) is 0 Å². The van der Waals surface area contributed by atoms with Gasteiger partial charge in [-0.05, 0) is 18.8 Å². The fraction of sp³-hybridized carbons (Fsp3) is 0.857. The molecule has 0 radical (unpaired) electrons. The first-order valence-electron chi connectivity index (χ1n) is 3.63. The fourth-order valence-corrected chi connectivity index (χ4v) is 1.81. The molecule has 0 bridgehead atoms. The normalized spacial score (nSPS) is 44.2. The largest absolute Gasteiger partial charge is 0.479 e. The number of fused-ring (bicyclic) bond motifs is 1. The lowest BCUT2D eigenvalue weighted by atomic mass is 9.73. The Bertz CT molecular complexity index is 166. The monoisotopic (exact) mass is 142 g/mol. The van der Waals surface area contributed by atoms with Gasteiger partial charge < -0.3 is 9.84 Å². The van der Waals surface area contributed by atoms with Crippen molar-refractivity contribution in [3.63, 3.8) is 0 Å². The quantitative estimate of drug-likeness (QED) is 0.579. The molecule has 0 aromatic carbocycles. The van der Waals surface area contributed by atoms with Crippen LogP contribution in [0.1, 0.15) is 12.8 Å². The predicted octanol–water partition coefficient (Wildman–Crippen LogP) is 0.496. The number of carbonyl (C=O) groups is 1. The van der Waals surface area contributed by atoms with Crippen molar-refractivity contribution >= 4 is 5.97 Å². The van der Waals surface area contributed by atoms with Crippen LogP contribution in [0.3, 0.4) is 0 Å². The Morgan fingerprint density at radius 2 is 2.30 bits per heavy atom.